The Morgan fingerprint density at radius 1 is 0.850 bits per heavy atom. The highest BCUT2D eigenvalue weighted by Gasteiger charge is 2.32. The Kier molecular flexibility index (Phi) is 4.05. The SMILES string of the molecule is Cc1cc(C)c(NC2CCC3CCCCC3C2)c(C)c1. The molecule has 2 aliphatic rings. The molecule has 1 nitrogen and oxygen atoms in total. The molecule has 3 unspecified atom stereocenters. The molecule has 0 amide bonds. The summed E-state index contributed by atoms with van der Waals surface area (Å²) in [5, 5.41) is 3.88. The number of hydrogen-bond acceptors (Lipinski definition) is 1. The van der Waals surface area contributed by atoms with E-state index in [4.69, 9.17) is 0 Å². The van der Waals surface area contributed by atoms with E-state index in [1.165, 1.54) is 67.3 Å². The minimum Gasteiger partial charge on any atom is -0.382 e. The second-order valence-corrected chi connectivity index (χ2v) is 7.23. The van der Waals surface area contributed by atoms with Gasteiger partial charge in [0.2, 0.25) is 0 Å². The first-order chi connectivity index (χ1) is 9.63. The van der Waals surface area contributed by atoms with E-state index in [-0.39, 0.29) is 0 Å². The molecule has 110 valence electrons. The Morgan fingerprint density at radius 2 is 1.50 bits per heavy atom. The van der Waals surface area contributed by atoms with Crippen LogP contribution in [0.15, 0.2) is 12.1 Å². The highest BCUT2D eigenvalue weighted by Crippen LogP contribution is 2.41. The first kappa shape index (κ1) is 14.0. The Balaban J connectivity index is 1.69. The van der Waals surface area contributed by atoms with E-state index in [0.717, 1.165) is 11.8 Å². The summed E-state index contributed by atoms with van der Waals surface area (Å²) in [5.74, 6) is 2.04. The van der Waals surface area contributed by atoms with Crippen LogP contribution in [-0.2, 0) is 0 Å². The molecule has 2 saturated carbocycles. The van der Waals surface area contributed by atoms with E-state index in [0.29, 0.717) is 6.04 Å². The number of rotatable bonds is 2. The zero-order chi connectivity index (χ0) is 14.1. The third kappa shape index (κ3) is 2.87. The number of anilines is 1. The largest absolute Gasteiger partial charge is 0.382 e. The van der Waals surface area contributed by atoms with Crippen molar-refractivity contribution in [1.29, 1.82) is 0 Å². The maximum absolute atomic E-state index is 3.88. The molecule has 1 heteroatoms. The van der Waals surface area contributed by atoms with Gasteiger partial charge in [0.15, 0.2) is 0 Å². The molecule has 3 rings (SSSR count). The van der Waals surface area contributed by atoms with Crippen molar-refractivity contribution in [3.8, 4) is 0 Å². The highest BCUT2D eigenvalue weighted by molar-refractivity contribution is 5.58. The zero-order valence-electron chi connectivity index (χ0n) is 13.3. The van der Waals surface area contributed by atoms with Gasteiger partial charge in [-0.25, -0.2) is 0 Å². The molecule has 0 spiro atoms. The fraction of sp³-hybridized carbons (Fsp3) is 0.684. The van der Waals surface area contributed by atoms with E-state index in [9.17, 15) is 0 Å². The third-order valence-electron chi connectivity index (χ3n) is 5.57. The number of benzene rings is 1. The highest BCUT2D eigenvalue weighted by atomic mass is 14.9. The van der Waals surface area contributed by atoms with Gasteiger partial charge in [-0.2, -0.15) is 0 Å². The van der Waals surface area contributed by atoms with Crippen molar-refractivity contribution in [1.82, 2.24) is 0 Å². The quantitative estimate of drug-likeness (QED) is 0.761. The molecule has 0 aromatic heterocycles. The lowest BCUT2D eigenvalue weighted by Crippen LogP contribution is -2.34. The molecular formula is C19H29N. The normalized spacial score (nSPS) is 29.9. The van der Waals surface area contributed by atoms with Gasteiger partial charge in [0.05, 0.1) is 0 Å². The summed E-state index contributed by atoms with van der Waals surface area (Å²) in [4.78, 5) is 0. The number of nitrogens with one attached hydrogen (secondary N) is 1. The molecule has 0 radical (unpaired) electrons. The van der Waals surface area contributed by atoms with Gasteiger partial charge in [-0.1, -0.05) is 43.4 Å². The maximum atomic E-state index is 3.88. The summed E-state index contributed by atoms with van der Waals surface area (Å²) >= 11 is 0. The van der Waals surface area contributed by atoms with Crippen LogP contribution in [0.3, 0.4) is 0 Å². The lowest BCUT2D eigenvalue weighted by molar-refractivity contribution is 0.162. The van der Waals surface area contributed by atoms with Crippen molar-refractivity contribution >= 4 is 5.69 Å². The van der Waals surface area contributed by atoms with Crippen LogP contribution < -0.4 is 5.32 Å². The Hall–Kier alpha value is -0.980. The second-order valence-electron chi connectivity index (χ2n) is 7.23. The predicted molar refractivity (Wildman–Crippen MR) is 87.4 cm³/mol. The van der Waals surface area contributed by atoms with Gasteiger partial charge < -0.3 is 5.32 Å². The molecule has 0 bridgehead atoms. The maximum Gasteiger partial charge on any atom is 0.0401 e. The minimum absolute atomic E-state index is 0.703. The Morgan fingerprint density at radius 3 is 2.20 bits per heavy atom. The molecule has 0 saturated heterocycles. The summed E-state index contributed by atoms with van der Waals surface area (Å²) in [6.07, 6.45) is 10.2. The van der Waals surface area contributed by atoms with Gasteiger partial charge >= 0.3 is 0 Å². The van der Waals surface area contributed by atoms with Crippen LogP contribution in [0.5, 0.6) is 0 Å². The van der Waals surface area contributed by atoms with Gasteiger partial charge in [0, 0.05) is 11.7 Å². The van der Waals surface area contributed by atoms with E-state index in [1.54, 1.807) is 0 Å². The first-order valence-corrected chi connectivity index (χ1v) is 8.48. The summed E-state index contributed by atoms with van der Waals surface area (Å²) in [7, 11) is 0. The van der Waals surface area contributed by atoms with Crippen molar-refractivity contribution in [2.75, 3.05) is 5.32 Å². The lowest BCUT2D eigenvalue weighted by Gasteiger charge is -2.40. The lowest BCUT2D eigenvalue weighted by atomic mass is 9.69. The second kappa shape index (κ2) is 5.79. The molecule has 0 aliphatic heterocycles. The topological polar surface area (TPSA) is 12.0 Å². The molecular weight excluding hydrogens is 242 g/mol. The molecule has 20 heavy (non-hydrogen) atoms. The van der Waals surface area contributed by atoms with Gasteiger partial charge in [-0.05, 0) is 63.0 Å². The smallest absolute Gasteiger partial charge is 0.0401 e. The summed E-state index contributed by atoms with van der Waals surface area (Å²) < 4.78 is 0. The average Bonchev–Trinajstić information content (AvgIpc) is 2.42. The minimum atomic E-state index is 0.703. The van der Waals surface area contributed by atoms with Crippen molar-refractivity contribution in [2.45, 2.75) is 71.8 Å². The van der Waals surface area contributed by atoms with Crippen LogP contribution in [-0.4, -0.2) is 6.04 Å². The van der Waals surface area contributed by atoms with Crippen molar-refractivity contribution in [2.24, 2.45) is 11.8 Å². The predicted octanol–water partition coefficient (Wildman–Crippen LogP) is 5.38. The molecule has 2 fully saturated rings. The molecule has 1 N–H and O–H groups in total. The molecule has 2 aliphatic carbocycles. The number of fused-ring (bicyclic) bond motifs is 1. The van der Waals surface area contributed by atoms with Crippen LogP contribution in [0.25, 0.3) is 0 Å². The summed E-state index contributed by atoms with van der Waals surface area (Å²) in [6, 6.07) is 5.32. The average molecular weight is 271 g/mol. The van der Waals surface area contributed by atoms with Crippen molar-refractivity contribution in [3.63, 3.8) is 0 Å². The molecule has 1 aromatic carbocycles. The van der Waals surface area contributed by atoms with E-state index >= 15 is 0 Å². The summed E-state index contributed by atoms with van der Waals surface area (Å²) in [6.45, 7) is 6.68. The Bertz CT molecular complexity index is 454. The van der Waals surface area contributed by atoms with Crippen LogP contribution in [0, 0.1) is 32.6 Å². The van der Waals surface area contributed by atoms with Gasteiger partial charge in [0.25, 0.3) is 0 Å². The fourth-order valence-electron chi connectivity index (χ4n) is 4.62. The van der Waals surface area contributed by atoms with Crippen LogP contribution in [0.4, 0.5) is 5.69 Å². The van der Waals surface area contributed by atoms with Crippen LogP contribution >= 0.6 is 0 Å². The van der Waals surface area contributed by atoms with Gasteiger partial charge in [0.1, 0.15) is 0 Å². The van der Waals surface area contributed by atoms with Gasteiger partial charge in [-0.3, -0.25) is 0 Å². The summed E-state index contributed by atoms with van der Waals surface area (Å²) in [5.41, 5.74) is 5.60. The fourth-order valence-corrected chi connectivity index (χ4v) is 4.62. The number of hydrogen-bond donors (Lipinski definition) is 1. The zero-order valence-corrected chi connectivity index (χ0v) is 13.3. The van der Waals surface area contributed by atoms with Gasteiger partial charge in [-0.15, -0.1) is 0 Å². The van der Waals surface area contributed by atoms with Crippen molar-refractivity contribution < 1.29 is 0 Å². The van der Waals surface area contributed by atoms with Crippen LogP contribution in [0.1, 0.15) is 61.6 Å². The monoisotopic (exact) mass is 271 g/mol. The molecule has 1 aromatic rings. The number of aryl methyl sites for hydroxylation is 3. The third-order valence-corrected chi connectivity index (χ3v) is 5.57. The van der Waals surface area contributed by atoms with Crippen LogP contribution in [0.2, 0.25) is 0 Å². The van der Waals surface area contributed by atoms with E-state index in [1.807, 2.05) is 0 Å². The first-order valence-electron chi connectivity index (χ1n) is 8.48. The van der Waals surface area contributed by atoms with E-state index in [2.05, 4.69) is 38.2 Å². The van der Waals surface area contributed by atoms with Crippen molar-refractivity contribution in [3.05, 3.63) is 28.8 Å². The standard InChI is InChI=1S/C19H29N/c1-13-10-14(2)19(15(3)11-13)20-18-9-8-16-6-4-5-7-17(16)12-18/h10-11,16-18,20H,4-9,12H2,1-3H3. The van der Waals surface area contributed by atoms with E-state index < -0.39 is 0 Å². The molecule has 0 heterocycles. The molecule has 3 atom stereocenters. The Labute approximate surface area is 124 Å².